The molecule has 1 saturated heterocycles. The summed E-state index contributed by atoms with van der Waals surface area (Å²) in [4.78, 5) is 10.4. The summed E-state index contributed by atoms with van der Waals surface area (Å²) >= 11 is 6.05. The van der Waals surface area contributed by atoms with E-state index in [0.717, 1.165) is 6.54 Å². The molecule has 0 aliphatic carbocycles. The quantitative estimate of drug-likeness (QED) is 0.875. The number of aromatic nitrogens is 2. The van der Waals surface area contributed by atoms with Crippen molar-refractivity contribution in [3.05, 3.63) is 11.3 Å². The maximum atomic E-state index is 6.05. The first kappa shape index (κ1) is 13.4. The lowest BCUT2D eigenvalue weighted by molar-refractivity contribution is 0.223. The van der Waals surface area contributed by atoms with E-state index < -0.39 is 0 Å². The lowest BCUT2D eigenvalue weighted by Gasteiger charge is -2.29. The second kappa shape index (κ2) is 6.20. The molecule has 1 aromatic heterocycles. The van der Waals surface area contributed by atoms with Crippen LogP contribution in [0, 0.1) is 0 Å². The summed E-state index contributed by atoms with van der Waals surface area (Å²) in [5.74, 6) is 0.938. The molecule has 1 aliphatic rings. The van der Waals surface area contributed by atoms with Gasteiger partial charge in [-0.3, -0.25) is 0 Å². The summed E-state index contributed by atoms with van der Waals surface area (Å²) in [6.45, 7) is 5.50. The Labute approximate surface area is 113 Å². The van der Waals surface area contributed by atoms with Crippen molar-refractivity contribution in [1.82, 2.24) is 14.9 Å². The topological polar surface area (TPSA) is 67.1 Å². The summed E-state index contributed by atoms with van der Waals surface area (Å²) in [6, 6.07) is 0.287. The highest BCUT2D eigenvalue weighted by Crippen LogP contribution is 2.23. The third-order valence-electron chi connectivity index (χ3n) is 3.18. The summed E-state index contributed by atoms with van der Waals surface area (Å²) in [6.07, 6.45) is 5.38. The van der Waals surface area contributed by atoms with Crippen LogP contribution in [0.5, 0.6) is 0 Å². The van der Waals surface area contributed by atoms with Gasteiger partial charge in [-0.2, -0.15) is 0 Å². The maximum absolute atomic E-state index is 6.05. The monoisotopic (exact) mass is 269 g/mol. The SMILES string of the molecule is CC(CN1CCCCC1)Nc1ncnc(N)c1Cl. The van der Waals surface area contributed by atoms with Gasteiger partial charge in [0.15, 0.2) is 5.82 Å². The summed E-state index contributed by atoms with van der Waals surface area (Å²) in [5, 5.41) is 3.70. The van der Waals surface area contributed by atoms with Crippen LogP contribution >= 0.6 is 11.6 Å². The standard InChI is InChI=1S/C12H20ClN5/c1-9(7-18-5-3-2-4-6-18)17-12-10(13)11(14)15-8-16-12/h8-9H,2-7H2,1H3,(H3,14,15,16,17). The van der Waals surface area contributed by atoms with Crippen LogP contribution < -0.4 is 11.1 Å². The smallest absolute Gasteiger partial charge is 0.150 e. The predicted molar refractivity (Wildman–Crippen MR) is 74.8 cm³/mol. The Morgan fingerprint density at radius 1 is 1.39 bits per heavy atom. The van der Waals surface area contributed by atoms with Gasteiger partial charge in [-0.15, -0.1) is 0 Å². The molecular weight excluding hydrogens is 250 g/mol. The predicted octanol–water partition coefficient (Wildman–Crippen LogP) is 2.00. The number of nitrogen functional groups attached to an aromatic ring is 1. The van der Waals surface area contributed by atoms with Crippen LogP contribution in [0.2, 0.25) is 5.02 Å². The minimum atomic E-state index is 0.287. The number of halogens is 1. The van der Waals surface area contributed by atoms with Gasteiger partial charge in [0.05, 0.1) is 0 Å². The molecule has 5 nitrogen and oxygen atoms in total. The minimum absolute atomic E-state index is 0.287. The van der Waals surface area contributed by atoms with Gasteiger partial charge in [0.2, 0.25) is 0 Å². The first-order valence-electron chi connectivity index (χ1n) is 6.41. The fourth-order valence-electron chi connectivity index (χ4n) is 2.29. The van der Waals surface area contributed by atoms with Crippen LogP contribution in [0.3, 0.4) is 0 Å². The van der Waals surface area contributed by atoms with Crippen molar-refractivity contribution in [3.8, 4) is 0 Å². The van der Waals surface area contributed by atoms with Crippen LogP contribution in [0.15, 0.2) is 6.33 Å². The normalized spacial score (nSPS) is 18.6. The first-order valence-corrected chi connectivity index (χ1v) is 6.79. The number of piperidine rings is 1. The number of nitrogens with zero attached hydrogens (tertiary/aromatic N) is 3. The fraction of sp³-hybridized carbons (Fsp3) is 0.667. The van der Waals surface area contributed by atoms with E-state index in [1.165, 1.54) is 38.7 Å². The number of likely N-dealkylation sites (tertiary alicyclic amines) is 1. The van der Waals surface area contributed by atoms with E-state index in [4.69, 9.17) is 17.3 Å². The van der Waals surface area contributed by atoms with Gasteiger partial charge in [0, 0.05) is 12.6 Å². The fourth-order valence-corrected chi connectivity index (χ4v) is 2.44. The number of nitrogens with two attached hydrogens (primary N) is 1. The van der Waals surface area contributed by atoms with Crippen molar-refractivity contribution in [2.45, 2.75) is 32.2 Å². The number of anilines is 2. The molecule has 1 aromatic rings. The molecule has 1 aliphatic heterocycles. The summed E-state index contributed by atoms with van der Waals surface area (Å²) in [5.41, 5.74) is 5.65. The number of nitrogens with one attached hydrogen (secondary N) is 1. The molecule has 1 fully saturated rings. The third kappa shape index (κ3) is 3.46. The van der Waals surface area contributed by atoms with E-state index in [9.17, 15) is 0 Å². The van der Waals surface area contributed by atoms with Gasteiger partial charge in [-0.25, -0.2) is 9.97 Å². The molecule has 0 amide bonds. The number of hydrogen-bond acceptors (Lipinski definition) is 5. The second-order valence-corrected chi connectivity index (χ2v) is 5.21. The van der Waals surface area contributed by atoms with Crippen LogP contribution in [0.1, 0.15) is 26.2 Å². The Kier molecular flexibility index (Phi) is 4.60. The van der Waals surface area contributed by atoms with Gasteiger partial charge < -0.3 is 16.0 Å². The van der Waals surface area contributed by atoms with E-state index in [-0.39, 0.29) is 6.04 Å². The Bertz CT molecular complexity index is 392. The second-order valence-electron chi connectivity index (χ2n) is 4.83. The molecule has 0 spiro atoms. The lowest BCUT2D eigenvalue weighted by Crippen LogP contribution is -2.38. The first-order chi connectivity index (χ1) is 8.66. The van der Waals surface area contributed by atoms with Gasteiger partial charge in [0.1, 0.15) is 17.2 Å². The van der Waals surface area contributed by atoms with E-state index in [1.807, 2.05) is 0 Å². The van der Waals surface area contributed by atoms with Crippen LogP contribution in [0.4, 0.5) is 11.6 Å². The molecule has 0 radical (unpaired) electrons. The molecule has 100 valence electrons. The molecule has 0 saturated carbocycles. The molecule has 2 rings (SSSR count). The van der Waals surface area contributed by atoms with Gasteiger partial charge in [-0.1, -0.05) is 18.0 Å². The van der Waals surface area contributed by atoms with E-state index in [2.05, 4.69) is 27.1 Å². The van der Waals surface area contributed by atoms with Gasteiger partial charge in [0.25, 0.3) is 0 Å². The van der Waals surface area contributed by atoms with E-state index in [0.29, 0.717) is 16.7 Å². The third-order valence-corrected chi connectivity index (χ3v) is 3.55. The van der Waals surface area contributed by atoms with Crippen molar-refractivity contribution in [2.24, 2.45) is 0 Å². The number of hydrogen-bond donors (Lipinski definition) is 2. The van der Waals surface area contributed by atoms with Crippen molar-refractivity contribution >= 4 is 23.2 Å². The zero-order valence-electron chi connectivity index (χ0n) is 10.7. The van der Waals surface area contributed by atoms with Gasteiger partial charge >= 0.3 is 0 Å². The number of rotatable bonds is 4. The van der Waals surface area contributed by atoms with Crippen molar-refractivity contribution < 1.29 is 0 Å². The maximum Gasteiger partial charge on any atom is 0.150 e. The molecular formula is C12H20ClN5. The highest BCUT2D eigenvalue weighted by molar-refractivity contribution is 6.35. The molecule has 6 heteroatoms. The molecule has 18 heavy (non-hydrogen) atoms. The Balaban J connectivity index is 1.90. The van der Waals surface area contributed by atoms with Crippen molar-refractivity contribution in [2.75, 3.05) is 30.7 Å². The van der Waals surface area contributed by atoms with Crippen LogP contribution in [-0.2, 0) is 0 Å². The molecule has 1 unspecified atom stereocenters. The van der Waals surface area contributed by atoms with Crippen LogP contribution in [0.25, 0.3) is 0 Å². The highest BCUT2D eigenvalue weighted by Gasteiger charge is 2.15. The highest BCUT2D eigenvalue weighted by atomic mass is 35.5. The minimum Gasteiger partial charge on any atom is -0.382 e. The zero-order chi connectivity index (χ0) is 13.0. The molecule has 0 aromatic carbocycles. The largest absolute Gasteiger partial charge is 0.382 e. The summed E-state index contributed by atoms with van der Waals surface area (Å²) in [7, 11) is 0. The lowest BCUT2D eigenvalue weighted by atomic mass is 10.1. The molecule has 1 atom stereocenters. The average molecular weight is 270 g/mol. The zero-order valence-corrected chi connectivity index (χ0v) is 11.5. The van der Waals surface area contributed by atoms with Crippen molar-refractivity contribution in [3.63, 3.8) is 0 Å². The van der Waals surface area contributed by atoms with Crippen molar-refractivity contribution in [1.29, 1.82) is 0 Å². The molecule has 2 heterocycles. The average Bonchev–Trinajstić information content (AvgIpc) is 2.36. The Morgan fingerprint density at radius 3 is 2.83 bits per heavy atom. The van der Waals surface area contributed by atoms with E-state index >= 15 is 0 Å². The van der Waals surface area contributed by atoms with Crippen LogP contribution in [-0.4, -0.2) is 40.5 Å². The Morgan fingerprint density at radius 2 is 2.11 bits per heavy atom. The van der Waals surface area contributed by atoms with Gasteiger partial charge in [-0.05, 0) is 32.9 Å². The van der Waals surface area contributed by atoms with E-state index in [1.54, 1.807) is 0 Å². The molecule has 3 N–H and O–H groups in total. The summed E-state index contributed by atoms with van der Waals surface area (Å²) < 4.78 is 0. The Hall–Kier alpha value is -1.07. The molecule has 0 bridgehead atoms.